The lowest BCUT2D eigenvalue weighted by Gasteiger charge is -2.38. The number of carbonyl (C=O) groups is 1. The predicted octanol–water partition coefficient (Wildman–Crippen LogP) is 2.41. The molecule has 19 heavy (non-hydrogen) atoms. The highest BCUT2D eigenvalue weighted by molar-refractivity contribution is 9.11. The number of thiophene rings is 1. The summed E-state index contributed by atoms with van der Waals surface area (Å²) in [6.07, 6.45) is 0. The Labute approximate surface area is 126 Å². The first kappa shape index (κ1) is 15.0. The molecule has 2 unspecified atom stereocenters. The van der Waals surface area contributed by atoms with Crippen LogP contribution in [0.1, 0.15) is 24.8 Å². The Balaban J connectivity index is 2.12. The summed E-state index contributed by atoms with van der Waals surface area (Å²) in [7, 11) is 0. The molecule has 106 valence electrons. The van der Waals surface area contributed by atoms with Gasteiger partial charge in [-0.2, -0.15) is 0 Å². The van der Waals surface area contributed by atoms with Gasteiger partial charge in [0.05, 0.1) is 10.4 Å². The molecule has 1 aliphatic heterocycles. The third-order valence-electron chi connectivity index (χ3n) is 3.35. The number of hydrogen-bond acceptors (Lipinski definition) is 5. The molecule has 6 heteroatoms. The standard InChI is InChI=1S/C13H19BrN2O2S/c1-3-18-13(17)10-8-15-6-7-16(10)9(2)11-4-5-12(14)19-11/h4-5,9-10,15H,3,6-8H2,1-2H3. The van der Waals surface area contributed by atoms with Crippen molar-refractivity contribution in [3.8, 4) is 0 Å². The lowest BCUT2D eigenvalue weighted by Crippen LogP contribution is -2.55. The quantitative estimate of drug-likeness (QED) is 0.850. The molecule has 2 atom stereocenters. The van der Waals surface area contributed by atoms with Crippen LogP contribution < -0.4 is 5.32 Å². The van der Waals surface area contributed by atoms with Crippen LogP contribution in [-0.2, 0) is 9.53 Å². The number of rotatable bonds is 4. The molecule has 0 spiro atoms. The Morgan fingerprint density at radius 3 is 3.11 bits per heavy atom. The van der Waals surface area contributed by atoms with E-state index in [0.717, 1.165) is 16.9 Å². The molecular weight excluding hydrogens is 328 g/mol. The second-order valence-electron chi connectivity index (χ2n) is 4.53. The number of hydrogen-bond donors (Lipinski definition) is 1. The van der Waals surface area contributed by atoms with E-state index in [9.17, 15) is 4.79 Å². The molecule has 1 aliphatic rings. The highest BCUT2D eigenvalue weighted by Crippen LogP contribution is 2.32. The molecule has 1 aromatic rings. The number of nitrogens with zero attached hydrogens (tertiary/aromatic N) is 1. The normalized spacial score (nSPS) is 22.2. The summed E-state index contributed by atoms with van der Waals surface area (Å²) in [6.45, 7) is 6.86. The van der Waals surface area contributed by atoms with Crippen molar-refractivity contribution < 1.29 is 9.53 Å². The maximum absolute atomic E-state index is 12.0. The number of halogens is 1. The van der Waals surface area contributed by atoms with E-state index in [2.05, 4.69) is 45.2 Å². The van der Waals surface area contributed by atoms with Crippen LogP contribution in [0.2, 0.25) is 0 Å². The van der Waals surface area contributed by atoms with E-state index >= 15 is 0 Å². The zero-order valence-corrected chi connectivity index (χ0v) is 13.6. The van der Waals surface area contributed by atoms with Gasteiger partial charge >= 0.3 is 5.97 Å². The van der Waals surface area contributed by atoms with E-state index in [1.807, 2.05) is 6.92 Å². The molecule has 2 heterocycles. The molecule has 1 saturated heterocycles. The number of piperazine rings is 1. The van der Waals surface area contributed by atoms with E-state index in [4.69, 9.17) is 4.74 Å². The van der Waals surface area contributed by atoms with Gasteiger partial charge in [-0.25, -0.2) is 0 Å². The van der Waals surface area contributed by atoms with E-state index < -0.39 is 0 Å². The van der Waals surface area contributed by atoms with Crippen molar-refractivity contribution >= 4 is 33.2 Å². The molecule has 0 amide bonds. The summed E-state index contributed by atoms with van der Waals surface area (Å²) in [5.41, 5.74) is 0. The van der Waals surface area contributed by atoms with E-state index in [0.29, 0.717) is 13.2 Å². The van der Waals surface area contributed by atoms with E-state index in [1.54, 1.807) is 11.3 Å². The SMILES string of the molecule is CCOC(=O)C1CNCCN1C(C)c1ccc(Br)s1. The molecule has 0 radical (unpaired) electrons. The van der Waals surface area contributed by atoms with Gasteiger partial charge in [0, 0.05) is 30.6 Å². The van der Waals surface area contributed by atoms with E-state index in [-0.39, 0.29) is 18.1 Å². The molecule has 1 fully saturated rings. The van der Waals surface area contributed by atoms with Crippen molar-refractivity contribution in [3.05, 3.63) is 20.8 Å². The van der Waals surface area contributed by atoms with Gasteiger partial charge in [-0.15, -0.1) is 11.3 Å². The number of carbonyl (C=O) groups excluding carboxylic acids is 1. The second kappa shape index (κ2) is 6.83. The largest absolute Gasteiger partial charge is 0.465 e. The minimum absolute atomic E-state index is 0.128. The second-order valence-corrected chi connectivity index (χ2v) is 7.02. The fourth-order valence-electron chi connectivity index (χ4n) is 2.36. The molecule has 1 N–H and O–H groups in total. The number of nitrogens with one attached hydrogen (secondary N) is 1. The minimum atomic E-state index is -0.190. The third kappa shape index (κ3) is 3.56. The first-order valence-corrected chi connectivity index (χ1v) is 8.12. The molecule has 0 saturated carbocycles. The van der Waals surface area contributed by atoms with Crippen LogP contribution in [0.3, 0.4) is 0 Å². The Kier molecular flexibility index (Phi) is 5.38. The van der Waals surface area contributed by atoms with Crippen LogP contribution in [-0.4, -0.2) is 43.2 Å². The summed E-state index contributed by atoms with van der Waals surface area (Å²) in [6, 6.07) is 4.21. The zero-order valence-electron chi connectivity index (χ0n) is 11.2. The first-order chi connectivity index (χ1) is 9.13. The Hall–Kier alpha value is -0.430. The number of ether oxygens (including phenoxy) is 1. The zero-order chi connectivity index (χ0) is 13.8. The molecule has 0 aromatic carbocycles. The van der Waals surface area contributed by atoms with Crippen molar-refractivity contribution in [2.75, 3.05) is 26.2 Å². The van der Waals surface area contributed by atoms with Gasteiger partial charge in [0.25, 0.3) is 0 Å². The third-order valence-corrected chi connectivity index (χ3v) is 5.14. The Morgan fingerprint density at radius 2 is 2.47 bits per heavy atom. The van der Waals surface area contributed by atoms with Gasteiger partial charge in [0.15, 0.2) is 0 Å². The summed E-state index contributed by atoms with van der Waals surface area (Å²) in [4.78, 5) is 15.5. The first-order valence-electron chi connectivity index (χ1n) is 6.51. The van der Waals surface area contributed by atoms with Crippen LogP contribution >= 0.6 is 27.3 Å². The van der Waals surface area contributed by atoms with Crippen LogP contribution in [0.15, 0.2) is 15.9 Å². The predicted molar refractivity (Wildman–Crippen MR) is 80.4 cm³/mol. The average Bonchev–Trinajstić information content (AvgIpc) is 2.85. The average molecular weight is 347 g/mol. The van der Waals surface area contributed by atoms with Gasteiger partial charge < -0.3 is 10.1 Å². The molecule has 2 rings (SSSR count). The van der Waals surface area contributed by atoms with Gasteiger partial charge in [0.1, 0.15) is 6.04 Å². The fraction of sp³-hybridized carbons (Fsp3) is 0.615. The van der Waals surface area contributed by atoms with Crippen LogP contribution in [0.25, 0.3) is 0 Å². The number of esters is 1. The molecule has 0 bridgehead atoms. The summed E-state index contributed by atoms with van der Waals surface area (Å²) < 4.78 is 6.30. The van der Waals surface area contributed by atoms with E-state index in [1.165, 1.54) is 4.88 Å². The highest BCUT2D eigenvalue weighted by atomic mass is 79.9. The van der Waals surface area contributed by atoms with Crippen LogP contribution in [0.5, 0.6) is 0 Å². The van der Waals surface area contributed by atoms with Crippen molar-refractivity contribution in [3.63, 3.8) is 0 Å². The minimum Gasteiger partial charge on any atom is -0.465 e. The summed E-state index contributed by atoms with van der Waals surface area (Å²) in [5.74, 6) is -0.128. The fourth-order valence-corrected chi connectivity index (χ4v) is 3.85. The van der Waals surface area contributed by atoms with Crippen molar-refractivity contribution in [1.29, 1.82) is 0 Å². The highest BCUT2D eigenvalue weighted by Gasteiger charge is 2.33. The lowest BCUT2D eigenvalue weighted by atomic mass is 10.1. The molecule has 1 aromatic heterocycles. The van der Waals surface area contributed by atoms with Gasteiger partial charge in [-0.1, -0.05) is 0 Å². The maximum Gasteiger partial charge on any atom is 0.324 e. The molecule has 4 nitrogen and oxygen atoms in total. The lowest BCUT2D eigenvalue weighted by molar-refractivity contribution is -0.151. The monoisotopic (exact) mass is 346 g/mol. The van der Waals surface area contributed by atoms with Gasteiger partial charge in [-0.3, -0.25) is 9.69 Å². The molecular formula is C13H19BrN2O2S. The topological polar surface area (TPSA) is 41.6 Å². The van der Waals surface area contributed by atoms with Crippen LogP contribution in [0.4, 0.5) is 0 Å². The summed E-state index contributed by atoms with van der Waals surface area (Å²) >= 11 is 5.21. The smallest absolute Gasteiger partial charge is 0.324 e. The Bertz CT molecular complexity index is 438. The van der Waals surface area contributed by atoms with Crippen molar-refractivity contribution in [1.82, 2.24) is 10.2 Å². The maximum atomic E-state index is 12.0. The molecule has 0 aliphatic carbocycles. The summed E-state index contributed by atoms with van der Waals surface area (Å²) in [5, 5.41) is 3.27. The Morgan fingerprint density at radius 1 is 1.68 bits per heavy atom. The van der Waals surface area contributed by atoms with Crippen molar-refractivity contribution in [2.24, 2.45) is 0 Å². The van der Waals surface area contributed by atoms with Crippen molar-refractivity contribution in [2.45, 2.75) is 25.9 Å². The van der Waals surface area contributed by atoms with Gasteiger partial charge in [0.2, 0.25) is 0 Å². The van der Waals surface area contributed by atoms with Gasteiger partial charge in [-0.05, 0) is 41.9 Å². The van der Waals surface area contributed by atoms with Crippen LogP contribution in [0, 0.1) is 0 Å².